The van der Waals surface area contributed by atoms with Gasteiger partial charge in [-0.05, 0) is 27.2 Å². The van der Waals surface area contributed by atoms with Crippen LogP contribution in [0.4, 0.5) is 3.89 Å². The molecule has 0 aliphatic rings. The maximum atomic E-state index is 12.4. The van der Waals surface area contributed by atoms with E-state index in [1.54, 1.807) is 20.8 Å². The first-order valence-electron chi connectivity index (χ1n) is 4.90. The molecule has 0 saturated carbocycles. The molecule has 0 atom stereocenters. The maximum Gasteiger partial charge on any atom is 0.374 e. The molecular weight excluding hydrogens is 237 g/mol. The number of carbonyl (C=O) groups excluding carboxylic acids is 1. The third kappa shape index (κ3) is 7.58. The molecule has 96 valence electrons. The van der Waals surface area contributed by atoms with Crippen LogP contribution in [0.5, 0.6) is 0 Å². The van der Waals surface area contributed by atoms with E-state index >= 15 is 0 Å². The average molecular weight is 255 g/mol. The van der Waals surface area contributed by atoms with E-state index in [4.69, 9.17) is 4.74 Å². The Bertz CT molecular complexity index is 334. The lowest BCUT2D eigenvalue weighted by molar-refractivity contribution is -0.154. The summed E-state index contributed by atoms with van der Waals surface area (Å²) in [6.07, 6.45) is 0.297. The smallest absolute Gasteiger partial charge is 0.374 e. The van der Waals surface area contributed by atoms with Crippen molar-refractivity contribution in [1.29, 1.82) is 0 Å². The normalized spacial score (nSPS) is 12.9. The highest BCUT2D eigenvalue weighted by Gasteiger charge is 2.18. The Hall–Kier alpha value is -0.690. The molecule has 0 rings (SSSR count). The molecular formula is C9H18FNO4S. The summed E-state index contributed by atoms with van der Waals surface area (Å²) < 4.78 is 38.7. The summed E-state index contributed by atoms with van der Waals surface area (Å²) in [4.78, 5) is 11.2. The molecule has 0 aliphatic heterocycles. The SMILES string of the molecule is CN(CCCC(=O)OC(C)(C)C)S(=O)(=O)F. The predicted octanol–water partition coefficient (Wildman–Crippen LogP) is 1.25. The zero-order valence-corrected chi connectivity index (χ0v) is 10.8. The highest BCUT2D eigenvalue weighted by Crippen LogP contribution is 2.09. The fourth-order valence-corrected chi connectivity index (χ4v) is 1.29. The number of rotatable bonds is 5. The van der Waals surface area contributed by atoms with Gasteiger partial charge in [-0.1, -0.05) is 3.89 Å². The van der Waals surface area contributed by atoms with Crippen molar-refractivity contribution in [2.75, 3.05) is 13.6 Å². The summed E-state index contributed by atoms with van der Waals surface area (Å²) in [5, 5.41) is 0. The van der Waals surface area contributed by atoms with Crippen molar-refractivity contribution in [3.8, 4) is 0 Å². The number of carbonyl (C=O) groups is 1. The molecule has 0 aromatic rings. The molecule has 0 aliphatic carbocycles. The van der Waals surface area contributed by atoms with Crippen LogP contribution in [-0.4, -0.2) is 37.9 Å². The first kappa shape index (κ1) is 15.3. The van der Waals surface area contributed by atoms with Crippen molar-refractivity contribution in [3.05, 3.63) is 0 Å². The van der Waals surface area contributed by atoms with Crippen LogP contribution in [-0.2, 0) is 19.9 Å². The van der Waals surface area contributed by atoms with Gasteiger partial charge in [0, 0.05) is 20.0 Å². The maximum absolute atomic E-state index is 12.4. The van der Waals surface area contributed by atoms with Crippen LogP contribution < -0.4 is 0 Å². The van der Waals surface area contributed by atoms with Crippen molar-refractivity contribution in [1.82, 2.24) is 4.31 Å². The second-order valence-corrected chi connectivity index (χ2v) is 5.90. The van der Waals surface area contributed by atoms with E-state index in [1.807, 2.05) is 0 Å². The van der Waals surface area contributed by atoms with Crippen LogP contribution in [0.3, 0.4) is 0 Å². The van der Waals surface area contributed by atoms with Gasteiger partial charge in [-0.3, -0.25) is 4.79 Å². The molecule has 0 aromatic carbocycles. The van der Waals surface area contributed by atoms with Gasteiger partial charge in [0.1, 0.15) is 5.60 Å². The standard InChI is InChI=1S/C9H18FNO4S/c1-9(2,3)15-8(12)6-5-7-11(4)16(10,13)14/h5-7H2,1-4H3. The summed E-state index contributed by atoms with van der Waals surface area (Å²) in [7, 11) is -3.54. The Labute approximate surface area is 95.9 Å². The molecule has 0 spiro atoms. The Morgan fingerprint density at radius 2 is 1.88 bits per heavy atom. The molecule has 0 amide bonds. The van der Waals surface area contributed by atoms with E-state index in [-0.39, 0.29) is 19.4 Å². The van der Waals surface area contributed by atoms with Crippen LogP contribution in [0.25, 0.3) is 0 Å². The fourth-order valence-electron chi connectivity index (χ4n) is 0.948. The van der Waals surface area contributed by atoms with Crippen LogP contribution >= 0.6 is 0 Å². The minimum Gasteiger partial charge on any atom is -0.460 e. The van der Waals surface area contributed by atoms with Crippen molar-refractivity contribution < 1.29 is 21.8 Å². The van der Waals surface area contributed by atoms with E-state index in [2.05, 4.69) is 0 Å². The van der Waals surface area contributed by atoms with Gasteiger partial charge >= 0.3 is 16.4 Å². The molecule has 0 aromatic heterocycles. The molecule has 0 heterocycles. The van der Waals surface area contributed by atoms with E-state index in [0.717, 1.165) is 7.05 Å². The van der Waals surface area contributed by atoms with Crippen LogP contribution in [0, 0.1) is 0 Å². The van der Waals surface area contributed by atoms with Crippen LogP contribution in [0.1, 0.15) is 33.6 Å². The van der Waals surface area contributed by atoms with Gasteiger partial charge in [-0.2, -0.15) is 12.7 Å². The molecule has 0 radical (unpaired) electrons. The van der Waals surface area contributed by atoms with Crippen LogP contribution in [0.2, 0.25) is 0 Å². The Morgan fingerprint density at radius 3 is 2.25 bits per heavy atom. The lowest BCUT2D eigenvalue weighted by atomic mass is 10.2. The second kappa shape index (κ2) is 5.58. The van der Waals surface area contributed by atoms with Gasteiger partial charge < -0.3 is 4.74 Å². The highest BCUT2D eigenvalue weighted by atomic mass is 32.3. The van der Waals surface area contributed by atoms with E-state index in [0.29, 0.717) is 4.31 Å². The summed E-state index contributed by atoms with van der Waals surface area (Å²) in [6, 6.07) is 0. The molecule has 0 N–H and O–H groups in total. The molecule has 7 heteroatoms. The zero-order valence-electron chi connectivity index (χ0n) is 9.99. The number of halogens is 1. The predicted molar refractivity (Wildman–Crippen MR) is 57.7 cm³/mol. The van der Waals surface area contributed by atoms with Crippen molar-refractivity contribution in [2.24, 2.45) is 0 Å². The Balaban J connectivity index is 3.88. The summed E-state index contributed by atoms with van der Waals surface area (Å²) in [5.41, 5.74) is -0.560. The minimum absolute atomic E-state index is 0.0436. The first-order valence-corrected chi connectivity index (χ1v) is 6.24. The zero-order chi connectivity index (χ0) is 13.0. The minimum atomic E-state index is -4.65. The first-order chi connectivity index (χ1) is 7.02. The van der Waals surface area contributed by atoms with Gasteiger partial charge in [0.25, 0.3) is 0 Å². The second-order valence-electron chi connectivity index (χ2n) is 4.45. The molecule has 0 fully saturated rings. The monoisotopic (exact) mass is 255 g/mol. The summed E-state index contributed by atoms with van der Waals surface area (Å²) in [5.74, 6) is -0.419. The summed E-state index contributed by atoms with van der Waals surface area (Å²) >= 11 is 0. The third-order valence-corrected chi connectivity index (χ3v) is 2.57. The number of nitrogens with zero attached hydrogens (tertiary/aromatic N) is 1. The molecule has 16 heavy (non-hydrogen) atoms. The molecule has 5 nitrogen and oxygen atoms in total. The van der Waals surface area contributed by atoms with Gasteiger partial charge in [0.05, 0.1) is 0 Å². The molecule has 0 saturated heterocycles. The van der Waals surface area contributed by atoms with E-state index < -0.39 is 22.0 Å². The van der Waals surface area contributed by atoms with Gasteiger partial charge in [-0.15, -0.1) is 0 Å². The largest absolute Gasteiger partial charge is 0.460 e. The van der Waals surface area contributed by atoms with Crippen molar-refractivity contribution in [3.63, 3.8) is 0 Å². The molecule has 0 unspecified atom stereocenters. The Kier molecular flexibility index (Phi) is 5.34. The average Bonchev–Trinajstić information content (AvgIpc) is 1.98. The van der Waals surface area contributed by atoms with Gasteiger partial charge in [0.15, 0.2) is 0 Å². The number of hydrogen-bond donors (Lipinski definition) is 0. The van der Waals surface area contributed by atoms with E-state index in [9.17, 15) is 17.1 Å². The lowest BCUT2D eigenvalue weighted by Gasteiger charge is -2.19. The van der Waals surface area contributed by atoms with Crippen LogP contribution in [0.15, 0.2) is 0 Å². The van der Waals surface area contributed by atoms with Gasteiger partial charge in [0.2, 0.25) is 0 Å². The number of hydrogen-bond acceptors (Lipinski definition) is 4. The topological polar surface area (TPSA) is 63.7 Å². The molecule has 0 bridgehead atoms. The van der Waals surface area contributed by atoms with Crippen molar-refractivity contribution in [2.45, 2.75) is 39.2 Å². The van der Waals surface area contributed by atoms with Gasteiger partial charge in [-0.25, -0.2) is 0 Å². The third-order valence-electron chi connectivity index (χ3n) is 1.65. The fraction of sp³-hybridized carbons (Fsp3) is 0.889. The van der Waals surface area contributed by atoms with E-state index in [1.165, 1.54) is 0 Å². The summed E-state index contributed by atoms with van der Waals surface area (Å²) in [6.45, 7) is 5.17. The number of ether oxygens (including phenoxy) is 1. The Morgan fingerprint density at radius 1 is 1.38 bits per heavy atom. The van der Waals surface area contributed by atoms with Crippen molar-refractivity contribution >= 4 is 16.4 Å². The quantitative estimate of drug-likeness (QED) is 0.548. The highest BCUT2D eigenvalue weighted by molar-refractivity contribution is 7.83. The number of esters is 1. The lowest BCUT2D eigenvalue weighted by Crippen LogP contribution is -2.26.